The normalized spacial score (nSPS) is 12.1. The van der Waals surface area contributed by atoms with Gasteiger partial charge in [0.25, 0.3) is 0 Å². The predicted octanol–water partition coefficient (Wildman–Crippen LogP) is 6.04. The maximum Gasteiger partial charge on any atom is 0.237 e. The Balaban J connectivity index is 1.52. The highest BCUT2D eigenvalue weighted by atomic mass is 32.2. The number of aryl methyl sites for hydroxylation is 1. The third-order valence-electron chi connectivity index (χ3n) is 4.64. The van der Waals surface area contributed by atoms with E-state index in [0.29, 0.717) is 0 Å². The summed E-state index contributed by atoms with van der Waals surface area (Å²) in [4.78, 5) is 23.6. The maximum absolute atomic E-state index is 12.7. The number of thioether (sulfide) groups is 1. The molecule has 146 valence electrons. The topological polar surface area (TPSA) is 54.9 Å². The molecular weight excluding hydrogens is 398 g/mol. The van der Waals surface area contributed by atoms with Gasteiger partial charge in [-0.15, -0.1) is 11.3 Å². The number of hydrogen-bond acceptors (Lipinski definition) is 5. The summed E-state index contributed by atoms with van der Waals surface area (Å²) < 4.78 is 0. The monoisotopic (exact) mass is 419 g/mol. The van der Waals surface area contributed by atoms with E-state index < -0.39 is 0 Å². The van der Waals surface area contributed by atoms with Crippen LogP contribution >= 0.6 is 23.1 Å². The minimum atomic E-state index is -0.279. The second-order valence-electron chi connectivity index (χ2n) is 6.67. The number of anilines is 1. The van der Waals surface area contributed by atoms with Crippen LogP contribution < -0.4 is 5.32 Å². The zero-order valence-corrected chi connectivity index (χ0v) is 17.9. The minimum absolute atomic E-state index is 0.0375. The molecule has 0 bridgehead atoms. The van der Waals surface area contributed by atoms with Gasteiger partial charge in [0.15, 0.2) is 0 Å². The van der Waals surface area contributed by atoms with E-state index in [2.05, 4.69) is 40.4 Å². The van der Waals surface area contributed by atoms with Crippen LogP contribution in [0.1, 0.15) is 19.4 Å². The van der Waals surface area contributed by atoms with Crippen molar-refractivity contribution in [2.75, 3.05) is 5.32 Å². The summed E-state index contributed by atoms with van der Waals surface area (Å²) in [5.74, 6) is -0.0375. The molecule has 0 radical (unpaired) electrons. The van der Waals surface area contributed by atoms with Gasteiger partial charge >= 0.3 is 0 Å². The van der Waals surface area contributed by atoms with Gasteiger partial charge < -0.3 is 5.32 Å². The molecule has 0 unspecified atom stereocenters. The van der Waals surface area contributed by atoms with Crippen LogP contribution in [0.15, 0.2) is 72.0 Å². The lowest BCUT2D eigenvalue weighted by Gasteiger charge is -2.12. The number of nitrogens with one attached hydrogen (secondary N) is 1. The molecule has 29 heavy (non-hydrogen) atoms. The molecule has 2 heterocycles. The number of rotatable bonds is 6. The van der Waals surface area contributed by atoms with E-state index in [1.54, 1.807) is 17.7 Å². The first-order chi connectivity index (χ1) is 14.1. The number of hydrogen-bond donors (Lipinski definition) is 1. The first-order valence-electron chi connectivity index (χ1n) is 9.50. The molecule has 0 aliphatic heterocycles. The number of benzene rings is 2. The molecule has 0 fully saturated rings. The van der Waals surface area contributed by atoms with Gasteiger partial charge in [0.2, 0.25) is 5.91 Å². The fraction of sp³-hybridized carbons (Fsp3) is 0.174. The molecule has 4 aromatic rings. The lowest BCUT2D eigenvalue weighted by Crippen LogP contribution is -2.22. The zero-order chi connectivity index (χ0) is 20.2. The predicted molar refractivity (Wildman–Crippen MR) is 123 cm³/mol. The van der Waals surface area contributed by atoms with Crippen molar-refractivity contribution in [1.29, 1.82) is 0 Å². The minimum Gasteiger partial charge on any atom is -0.325 e. The summed E-state index contributed by atoms with van der Waals surface area (Å²) in [5.41, 5.74) is 3.22. The van der Waals surface area contributed by atoms with Crippen LogP contribution in [-0.2, 0) is 11.2 Å². The SMILES string of the molecule is CCc1ccc(NC(=O)[C@@H](C)Sc2ncnc3sc(-c4ccccc4)cc23)cc1. The fourth-order valence-electron chi connectivity index (χ4n) is 2.96. The standard InChI is InChI=1S/C23H21N3OS2/c1-3-16-9-11-18(12-10-16)26-21(27)15(2)28-22-19-13-20(17-7-5-4-6-8-17)29-23(19)25-14-24-22/h4-15H,3H2,1-2H3,(H,26,27)/t15-/m1/s1. The molecule has 4 rings (SSSR count). The molecule has 0 aliphatic carbocycles. The van der Waals surface area contributed by atoms with E-state index in [9.17, 15) is 4.79 Å². The van der Waals surface area contributed by atoms with Gasteiger partial charge in [0, 0.05) is 16.0 Å². The van der Waals surface area contributed by atoms with Gasteiger partial charge in [-0.1, -0.05) is 61.2 Å². The Bertz CT molecular complexity index is 1120. The first kappa shape index (κ1) is 19.6. The highest BCUT2D eigenvalue weighted by molar-refractivity contribution is 8.00. The number of thiophene rings is 1. The Labute approximate surface area is 178 Å². The number of carbonyl (C=O) groups excluding carboxylic acids is 1. The van der Waals surface area contributed by atoms with Crippen molar-refractivity contribution >= 4 is 44.9 Å². The highest BCUT2D eigenvalue weighted by Gasteiger charge is 2.18. The average molecular weight is 420 g/mol. The van der Waals surface area contributed by atoms with E-state index in [-0.39, 0.29) is 11.2 Å². The summed E-state index contributed by atoms with van der Waals surface area (Å²) in [6.07, 6.45) is 2.56. The molecule has 2 aromatic carbocycles. The van der Waals surface area contributed by atoms with E-state index in [1.807, 2.05) is 49.4 Å². The smallest absolute Gasteiger partial charge is 0.237 e. The van der Waals surface area contributed by atoms with E-state index in [1.165, 1.54) is 17.3 Å². The number of nitrogens with zero attached hydrogens (tertiary/aromatic N) is 2. The van der Waals surface area contributed by atoms with Crippen LogP contribution in [0.2, 0.25) is 0 Å². The zero-order valence-electron chi connectivity index (χ0n) is 16.3. The number of fused-ring (bicyclic) bond motifs is 1. The first-order valence-corrected chi connectivity index (χ1v) is 11.2. The Morgan fingerprint density at radius 3 is 2.59 bits per heavy atom. The molecular formula is C23H21N3OS2. The molecule has 6 heteroatoms. The van der Waals surface area contributed by atoms with E-state index >= 15 is 0 Å². The molecule has 0 saturated carbocycles. The quantitative estimate of drug-likeness (QED) is 0.306. The summed E-state index contributed by atoms with van der Waals surface area (Å²) >= 11 is 3.10. The Kier molecular flexibility index (Phi) is 5.92. The molecule has 0 aliphatic rings. The number of aromatic nitrogens is 2. The third kappa shape index (κ3) is 4.49. The highest BCUT2D eigenvalue weighted by Crippen LogP contribution is 2.37. The third-order valence-corrected chi connectivity index (χ3v) is 6.85. The Morgan fingerprint density at radius 2 is 1.86 bits per heavy atom. The average Bonchev–Trinajstić information content (AvgIpc) is 3.20. The molecule has 1 atom stereocenters. The van der Waals surface area contributed by atoms with Gasteiger partial charge in [-0.25, -0.2) is 9.97 Å². The van der Waals surface area contributed by atoms with Crippen molar-refractivity contribution in [2.24, 2.45) is 0 Å². The van der Waals surface area contributed by atoms with E-state index in [0.717, 1.165) is 37.8 Å². The Morgan fingerprint density at radius 1 is 1.10 bits per heavy atom. The van der Waals surface area contributed by atoms with Crippen molar-refractivity contribution < 1.29 is 4.79 Å². The molecule has 0 spiro atoms. The molecule has 1 amide bonds. The number of amides is 1. The summed E-state index contributed by atoms with van der Waals surface area (Å²) in [6, 6.07) is 20.3. The van der Waals surface area contributed by atoms with Crippen molar-refractivity contribution in [3.05, 3.63) is 72.6 Å². The maximum atomic E-state index is 12.7. The van der Waals surface area contributed by atoms with Gasteiger partial charge in [0.05, 0.1) is 5.25 Å². The number of carbonyl (C=O) groups is 1. The van der Waals surface area contributed by atoms with Gasteiger partial charge in [-0.3, -0.25) is 4.79 Å². The van der Waals surface area contributed by atoms with Crippen molar-refractivity contribution in [2.45, 2.75) is 30.5 Å². The van der Waals surface area contributed by atoms with Crippen LogP contribution in [0.4, 0.5) is 5.69 Å². The van der Waals surface area contributed by atoms with Crippen LogP contribution in [0, 0.1) is 0 Å². The fourth-order valence-corrected chi connectivity index (χ4v) is 4.92. The summed E-state index contributed by atoms with van der Waals surface area (Å²) in [6.45, 7) is 4.02. The van der Waals surface area contributed by atoms with Crippen LogP contribution in [0.3, 0.4) is 0 Å². The van der Waals surface area contributed by atoms with Crippen molar-refractivity contribution in [1.82, 2.24) is 9.97 Å². The van der Waals surface area contributed by atoms with Crippen molar-refractivity contribution in [3.8, 4) is 10.4 Å². The largest absolute Gasteiger partial charge is 0.325 e. The second-order valence-corrected chi connectivity index (χ2v) is 9.03. The molecule has 0 saturated heterocycles. The van der Waals surface area contributed by atoms with Gasteiger partial charge in [0.1, 0.15) is 16.2 Å². The van der Waals surface area contributed by atoms with Gasteiger partial charge in [-0.2, -0.15) is 0 Å². The van der Waals surface area contributed by atoms with Crippen LogP contribution in [0.5, 0.6) is 0 Å². The molecule has 2 aromatic heterocycles. The van der Waals surface area contributed by atoms with Crippen LogP contribution in [-0.4, -0.2) is 21.1 Å². The summed E-state index contributed by atoms with van der Waals surface area (Å²) in [5, 5.41) is 4.54. The second kappa shape index (κ2) is 8.76. The molecule has 1 N–H and O–H groups in total. The lowest BCUT2D eigenvalue weighted by molar-refractivity contribution is -0.115. The van der Waals surface area contributed by atoms with Gasteiger partial charge in [-0.05, 0) is 42.7 Å². The van der Waals surface area contributed by atoms with E-state index in [4.69, 9.17) is 0 Å². The Hall–Kier alpha value is -2.70. The lowest BCUT2D eigenvalue weighted by atomic mass is 10.1. The van der Waals surface area contributed by atoms with Crippen molar-refractivity contribution in [3.63, 3.8) is 0 Å². The summed E-state index contributed by atoms with van der Waals surface area (Å²) in [7, 11) is 0. The molecule has 4 nitrogen and oxygen atoms in total. The van der Waals surface area contributed by atoms with Crippen LogP contribution in [0.25, 0.3) is 20.7 Å².